The van der Waals surface area contributed by atoms with Crippen molar-refractivity contribution in [1.29, 1.82) is 0 Å². The fraction of sp³-hybridized carbons (Fsp3) is 0.500. The molecule has 0 aromatic heterocycles. The van der Waals surface area contributed by atoms with E-state index in [1.165, 1.54) is 24.3 Å². The maximum Gasteiger partial charge on any atom is 0.325 e. The Morgan fingerprint density at radius 3 is 2.52 bits per heavy atom. The highest BCUT2D eigenvalue weighted by molar-refractivity contribution is 6.10. The minimum atomic E-state index is -0.848. The Labute approximate surface area is 145 Å². The van der Waals surface area contributed by atoms with Gasteiger partial charge in [0.2, 0.25) is 5.91 Å². The minimum Gasteiger partial charge on any atom is -0.325 e. The molecular weight excluding hydrogens is 325 g/mol. The van der Waals surface area contributed by atoms with Crippen LogP contribution in [0.15, 0.2) is 24.3 Å². The average Bonchev–Trinajstić information content (AvgIpc) is 2.82. The van der Waals surface area contributed by atoms with Gasteiger partial charge in [-0.15, -0.1) is 0 Å². The van der Waals surface area contributed by atoms with E-state index in [9.17, 15) is 18.8 Å². The molecular formula is C18H22FN3O3. The van der Waals surface area contributed by atoms with E-state index in [2.05, 4.69) is 17.6 Å². The molecule has 1 saturated heterocycles. The van der Waals surface area contributed by atoms with Gasteiger partial charge in [-0.05, 0) is 55.9 Å². The number of anilines is 1. The maximum absolute atomic E-state index is 12.9. The zero-order valence-corrected chi connectivity index (χ0v) is 14.2. The van der Waals surface area contributed by atoms with Gasteiger partial charge in [-0.3, -0.25) is 14.5 Å². The van der Waals surface area contributed by atoms with Crippen LogP contribution in [0, 0.1) is 11.7 Å². The number of rotatable bonds is 4. The fourth-order valence-electron chi connectivity index (χ4n) is 3.61. The van der Waals surface area contributed by atoms with Crippen LogP contribution in [0.4, 0.5) is 14.9 Å². The van der Waals surface area contributed by atoms with Crippen molar-refractivity contribution in [3.8, 4) is 0 Å². The van der Waals surface area contributed by atoms with Crippen LogP contribution in [0.3, 0.4) is 0 Å². The maximum atomic E-state index is 12.9. The van der Waals surface area contributed by atoms with Crippen LogP contribution in [-0.4, -0.2) is 34.8 Å². The molecule has 1 aliphatic heterocycles. The van der Waals surface area contributed by atoms with E-state index in [-0.39, 0.29) is 12.5 Å². The second-order valence-electron chi connectivity index (χ2n) is 6.81. The Bertz CT molecular complexity index is 681. The standard InChI is InChI=1S/C18H22FN3O3/c1-2-12-7-9-18(10-8-12)16(24)22(17(25)21-18)11-15(23)20-14-5-3-13(19)4-6-14/h3-6,12H,2,7-11H2,1H3,(H,20,23)(H,21,25). The third-order valence-electron chi connectivity index (χ3n) is 5.21. The summed E-state index contributed by atoms with van der Waals surface area (Å²) in [5.74, 6) is -0.626. The quantitative estimate of drug-likeness (QED) is 0.822. The van der Waals surface area contributed by atoms with Crippen LogP contribution in [-0.2, 0) is 9.59 Å². The van der Waals surface area contributed by atoms with Crippen LogP contribution >= 0.6 is 0 Å². The number of hydrogen-bond donors (Lipinski definition) is 2. The summed E-state index contributed by atoms with van der Waals surface area (Å²) in [7, 11) is 0. The molecule has 2 aliphatic rings. The monoisotopic (exact) mass is 347 g/mol. The molecule has 1 aromatic carbocycles. The Morgan fingerprint density at radius 2 is 1.92 bits per heavy atom. The number of hydrogen-bond acceptors (Lipinski definition) is 3. The summed E-state index contributed by atoms with van der Waals surface area (Å²) in [6.45, 7) is 1.78. The zero-order chi connectivity index (χ0) is 18.0. The van der Waals surface area contributed by atoms with Gasteiger partial charge >= 0.3 is 6.03 Å². The lowest BCUT2D eigenvalue weighted by molar-refractivity contribution is -0.135. The smallest absolute Gasteiger partial charge is 0.325 e. The van der Waals surface area contributed by atoms with Gasteiger partial charge in [0.25, 0.3) is 5.91 Å². The number of nitrogens with one attached hydrogen (secondary N) is 2. The molecule has 0 radical (unpaired) electrons. The molecule has 7 heteroatoms. The lowest BCUT2D eigenvalue weighted by atomic mass is 9.75. The van der Waals surface area contributed by atoms with E-state index in [1.54, 1.807) is 0 Å². The number of carbonyl (C=O) groups excluding carboxylic acids is 3. The SMILES string of the molecule is CCC1CCC2(CC1)NC(=O)N(CC(=O)Nc1ccc(F)cc1)C2=O. The Hall–Kier alpha value is -2.44. The number of urea groups is 1. The lowest BCUT2D eigenvalue weighted by Crippen LogP contribution is -2.49. The van der Waals surface area contributed by atoms with Crippen molar-refractivity contribution in [2.24, 2.45) is 5.92 Å². The number of carbonyl (C=O) groups is 3. The van der Waals surface area contributed by atoms with Crippen molar-refractivity contribution in [3.05, 3.63) is 30.1 Å². The molecule has 0 atom stereocenters. The van der Waals surface area contributed by atoms with E-state index in [0.717, 1.165) is 24.2 Å². The second-order valence-corrected chi connectivity index (χ2v) is 6.81. The summed E-state index contributed by atoms with van der Waals surface area (Å²) < 4.78 is 12.9. The van der Waals surface area contributed by atoms with Gasteiger partial charge in [0.15, 0.2) is 0 Å². The highest BCUT2D eigenvalue weighted by atomic mass is 19.1. The number of imide groups is 1. The first-order valence-corrected chi connectivity index (χ1v) is 8.63. The van der Waals surface area contributed by atoms with Crippen molar-refractivity contribution < 1.29 is 18.8 Å². The molecule has 1 heterocycles. The Balaban J connectivity index is 1.63. The van der Waals surface area contributed by atoms with Crippen LogP contribution in [0.5, 0.6) is 0 Å². The third kappa shape index (κ3) is 3.50. The van der Waals surface area contributed by atoms with Gasteiger partial charge in [-0.2, -0.15) is 0 Å². The molecule has 4 amide bonds. The fourth-order valence-corrected chi connectivity index (χ4v) is 3.61. The van der Waals surface area contributed by atoms with Gasteiger partial charge in [0, 0.05) is 5.69 Å². The minimum absolute atomic E-state index is 0.318. The molecule has 3 rings (SSSR count). The predicted octanol–water partition coefficient (Wildman–Crippen LogP) is 2.66. The van der Waals surface area contributed by atoms with Crippen molar-refractivity contribution in [2.75, 3.05) is 11.9 Å². The molecule has 1 aliphatic carbocycles. The van der Waals surface area contributed by atoms with Crippen molar-refractivity contribution in [3.63, 3.8) is 0 Å². The first kappa shape index (κ1) is 17.4. The number of nitrogens with zero attached hydrogens (tertiary/aromatic N) is 1. The molecule has 25 heavy (non-hydrogen) atoms. The topological polar surface area (TPSA) is 78.5 Å². The zero-order valence-electron chi connectivity index (χ0n) is 14.2. The van der Waals surface area contributed by atoms with Crippen LogP contribution in [0.2, 0.25) is 0 Å². The Kier molecular flexibility index (Phi) is 4.74. The van der Waals surface area contributed by atoms with E-state index in [0.29, 0.717) is 24.4 Å². The number of halogens is 1. The average molecular weight is 347 g/mol. The van der Waals surface area contributed by atoms with Gasteiger partial charge in [-0.25, -0.2) is 9.18 Å². The number of amides is 4. The van der Waals surface area contributed by atoms with Crippen LogP contribution in [0.25, 0.3) is 0 Å². The Morgan fingerprint density at radius 1 is 1.28 bits per heavy atom. The largest absolute Gasteiger partial charge is 0.325 e. The lowest BCUT2D eigenvalue weighted by Gasteiger charge is -2.34. The first-order valence-electron chi connectivity index (χ1n) is 8.63. The van der Waals surface area contributed by atoms with Gasteiger partial charge in [-0.1, -0.05) is 13.3 Å². The highest BCUT2D eigenvalue weighted by Crippen LogP contribution is 2.37. The summed E-state index contributed by atoms with van der Waals surface area (Å²) in [6, 6.07) is 4.78. The van der Waals surface area contributed by atoms with Crippen LogP contribution < -0.4 is 10.6 Å². The molecule has 2 N–H and O–H groups in total. The molecule has 6 nitrogen and oxygen atoms in total. The molecule has 134 valence electrons. The van der Waals surface area contributed by atoms with Gasteiger partial charge in [0.1, 0.15) is 17.9 Å². The van der Waals surface area contributed by atoms with E-state index in [1.807, 2.05) is 0 Å². The van der Waals surface area contributed by atoms with Gasteiger partial charge < -0.3 is 10.6 Å². The molecule has 2 fully saturated rings. The summed E-state index contributed by atoms with van der Waals surface area (Å²) in [6.07, 6.45) is 4.11. The summed E-state index contributed by atoms with van der Waals surface area (Å²) >= 11 is 0. The molecule has 0 bridgehead atoms. The molecule has 1 saturated carbocycles. The van der Waals surface area contributed by atoms with E-state index in [4.69, 9.17) is 0 Å². The number of benzene rings is 1. The van der Waals surface area contributed by atoms with Crippen molar-refractivity contribution in [2.45, 2.75) is 44.6 Å². The first-order chi connectivity index (χ1) is 11.9. The third-order valence-corrected chi connectivity index (χ3v) is 5.21. The van der Waals surface area contributed by atoms with E-state index >= 15 is 0 Å². The normalized spacial score (nSPS) is 26.0. The van der Waals surface area contributed by atoms with Crippen molar-refractivity contribution in [1.82, 2.24) is 10.2 Å². The summed E-state index contributed by atoms with van der Waals surface area (Å²) in [5.41, 5.74) is -0.435. The summed E-state index contributed by atoms with van der Waals surface area (Å²) in [4.78, 5) is 38.1. The predicted molar refractivity (Wildman–Crippen MR) is 90.3 cm³/mol. The summed E-state index contributed by atoms with van der Waals surface area (Å²) in [5, 5.41) is 5.36. The van der Waals surface area contributed by atoms with Gasteiger partial charge in [0.05, 0.1) is 0 Å². The van der Waals surface area contributed by atoms with E-state index < -0.39 is 23.3 Å². The second kappa shape index (κ2) is 6.82. The molecule has 0 unspecified atom stereocenters. The van der Waals surface area contributed by atoms with Crippen LogP contribution in [0.1, 0.15) is 39.0 Å². The van der Waals surface area contributed by atoms with Crippen molar-refractivity contribution >= 4 is 23.5 Å². The molecule has 1 spiro atoms. The highest BCUT2D eigenvalue weighted by Gasteiger charge is 2.52. The molecule has 1 aromatic rings.